The molecule has 1 aliphatic rings. The average molecular weight is 463 g/mol. The van der Waals surface area contributed by atoms with Crippen molar-refractivity contribution in [2.24, 2.45) is 5.41 Å². The van der Waals surface area contributed by atoms with Crippen molar-refractivity contribution in [3.63, 3.8) is 0 Å². The molecular weight excluding hydrogens is 423 g/mol. The third-order valence-corrected chi connectivity index (χ3v) is 7.71. The van der Waals surface area contributed by atoms with Crippen LogP contribution in [0.15, 0.2) is 0 Å². The highest BCUT2D eigenvalue weighted by molar-refractivity contribution is 7.56. The highest BCUT2D eigenvalue weighted by Gasteiger charge is 2.47. The molecule has 1 unspecified atom stereocenters. The molecule has 0 radical (unpaired) electrons. The molecule has 2 N–H and O–H groups in total. The van der Waals surface area contributed by atoms with Crippen LogP contribution in [-0.4, -0.2) is 58.9 Å². The van der Waals surface area contributed by atoms with Gasteiger partial charge in [-0.1, -0.05) is 26.2 Å². The number of carbonyl (C=O) groups is 3. The Morgan fingerprint density at radius 3 is 2.42 bits per heavy atom. The number of hydrogen-bond donors (Lipinski definition) is 2. The lowest BCUT2D eigenvalue weighted by atomic mass is 9.98. The molecule has 0 spiro atoms. The maximum Gasteiger partial charge on any atom is 0.329 e. The summed E-state index contributed by atoms with van der Waals surface area (Å²) >= 11 is 0. The fourth-order valence-corrected chi connectivity index (χ4v) is 5.31. The van der Waals surface area contributed by atoms with Gasteiger partial charge < -0.3 is 14.7 Å². The molecule has 0 aromatic rings. The second-order valence-corrected chi connectivity index (χ2v) is 11.7. The van der Waals surface area contributed by atoms with Gasteiger partial charge in [0.05, 0.1) is 11.5 Å². The molecule has 1 aliphatic heterocycles. The number of rotatable bonds is 12. The van der Waals surface area contributed by atoms with E-state index < -0.39 is 49.2 Å². The van der Waals surface area contributed by atoms with Crippen LogP contribution in [0.25, 0.3) is 0 Å². The monoisotopic (exact) mass is 462 g/mol. The number of carboxylic acids is 1. The molecule has 0 bridgehead atoms. The van der Waals surface area contributed by atoms with Crippen molar-refractivity contribution in [3.8, 4) is 0 Å². The summed E-state index contributed by atoms with van der Waals surface area (Å²) in [6.07, 6.45) is 4.64. The smallest absolute Gasteiger partial charge is 0.329 e. The fourth-order valence-electron chi connectivity index (χ4n) is 3.42. The molecule has 1 saturated heterocycles. The Morgan fingerprint density at radius 1 is 1.23 bits per heavy atom. The number of amides is 1. The number of likely N-dealkylation sites (tertiary alicyclic amines) is 1. The minimum absolute atomic E-state index is 0.188. The SMILES string of the molecule is CCCCCCP(=O)(N[C@@H](C)C(=O)N1CCC[C@]1(C)C(=O)O)OCOC(=O)C(C)(C)C. The van der Waals surface area contributed by atoms with Gasteiger partial charge in [0, 0.05) is 12.7 Å². The molecule has 0 aliphatic carbocycles. The molecule has 0 aromatic heterocycles. The number of aliphatic carboxylic acids is 1. The van der Waals surface area contributed by atoms with Gasteiger partial charge in [-0.05, 0) is 53.9 Å². The lowest BCUT2D eigenvalue weighted by molar-refractivity contribution is -0.159. The van der Waals surface area contributed by atoms with Crippen LogP contribution in [0.3, 0.4) is 0 Å². The Labute approximate surface area is 185 Å². The summed E-state index contributed by atoms with van der Waals surface area (Å²) in [5.74, 6) is -1.98. The average Bonchev–Trinajstić information content (AvgIpc) is 3.07. The Kier molecular flexibility index (Phi) is 10.2. The van der Waals surface area contributed by atoms with E-state index >= 15 is 0 Å². The van der Waals surface area contributed by atoms with Crippen LogP contribution in [0.5, 0.6) is 0 Å². The first-order chi connectivity index (χ1) is 14.3. The zero-order chi connectivity index (χ0) is 23.9. The Bertz CT molecular complexity index is 692. The molecule has 9 nitrogen and oxygen atoms in total. The summed E-state index contributed by atoms with van der Waals surface area (Å²) in [4.78, 5) is 38.0. The van der Waals surface area contributed by atoms with Crippen molar-refractivity contribution < 1.29 is 33.3 Å². The van der Waals surface area contributed by atoms with Crippen molar-refractivity contribution in [2.75, 3.05) is 19.5 Å². The zero-order valence-electron chi connectivity index (χ0n) is 19.7. The zero-order valence-corrected chi connectivity index (χ0v) is 20.6. The van der Waals surface area contributed by atoms with E-state index in [2.05, 4.69) is 12.0 Å². The van der Waals surface area contributed by atoms with Crippen LogP contribution < -0.4 is 5.09 Å². The van der Waals surface area contributed by atoms with Crippen LogP contribution in [0, 0.1) is 5.41 Å². The highest BCUT2D eigenvalue weighted by atomic mass is 31.2. The number of esters is 1. The molecular formula is C21H39N2O7P. The number of hydrogen-bond acceptors (Lipinski definition) is 6. The highest BCUT2D eigenvalue weighted by Crippen LogP contribution is 2.44. The second kappa shape index (κ2) is 11.4. The van der Waals surface area contributed by atoms with Gasteiger partial charge in [0.1, 0.15) is 5.54 Å². The van der Waals surface area contributed by atoms with Gasteiger partial charge in [0.2, 0.25) is 5.91 Å². The first-order valence-electron chi connectivity index (χ1n) is 11.0. The minimum atomic E-state index is -3.51. The summed E-state index contributed by atoms with van der Waals surface area (Å²) in [6.45, 7) is 10.1. The largest absolute Gasteiger partial charge is 0.480 e. The van der Waals surface area contributed by atoms with Gasteiger partial charge >= 0.3 is 11.9 Å². The van der Waals surface area contributed by atoms with Crippen LogP contribution >= 0.6 is 7.52 Å². The number of unbranched alkanes of at least 4 members (excludes halogenated alkanes) is 3. The van der Waals surface area contributed by atoms with Crippen molar-refractivity contribution in [2.45, 2.75) is 91.6 Å². The van der Waals surface area contributed by atoms with Gasteiger partial charge in [-0.2, -0.15) is 0 Å². The molecule has 1 heterocycles. The third kappa shape index (κ3) is 7.88. The maximum atomic E-state index is 13.4. The van der Waals surface area contributed by atoms with Crippen LogP contribution in [0.1, 0.15) is 80.1 Å². The normalized spacial score (nSPS) is 22.1. The van der Waals surface area contributed by atoms with Crippen LogP contribution in [-0.2, 0) is 28.2 Å². The number of ether oxygens (including phenoxy) is 1. The lowest BCUT2D eigenvalue weighted by Crippen LogP contribution is -2.55. The molecule has 1 amide bonds. The molecule has 0 aromatic carbocycles. The summed E-state index contributed by atoms with van der Waals surface area (Å²) in [5.41, 5.74) is -2.00. The Balaban J connectivity index is 2.84. The van der Waals surface area contributed by atoms with Crippen LogP contribution in [0.4, 0.5) is 0 Å². The molecule has 10 heteroatoms. The second-order valence-electron chi connectivity index (χ2n) is 9.41. The predicted octanol–water partition coefficient (Wildman–Crippen LogP) is 3.77. The van der Waals surface area contributed by atoms with Crippen molar-refractivity contribution in [3.05, 3.63) is 0 Å². The summed E-state index contributed by atoms with van der Waals surface area (Å²) in [7, 11) is -3.51. The molecule has 3 atom stereocenters. The van der Waals surface area contributed by atoms with E-state index in [9.17, 15) is 24.1 Å². The topological polar surface area (TPSA) is 122 Å². The van der Waals surface area contributed by atoms with E-state index in [1.807, 2.05) is 0 Å². The number of nitrogens with one attached hydrogen (secondary N) is 1. The Hall–Kier alpha value is -1.44. The van der Waals surface area contributed by atoms with Gasteiger partial charge in [-0.3, -0.25) is 18.7 Å². The molecule has 0 saturated carbocycles. The standard InChI is InChI=1S/C21H39N2O7P/c1-7-8-9-10-14-31(28,30-15-29-19(27)20(3,4)5)22-16(2)17(24)23-13-11-12-21(23,6)18(25)26/h16H,7-15H2,1-6H3,(H,22,28)(H,25,26)/t16-,21+,31?/m0/s1. The Morgan fingerprint density at radius 2 is 1.87 bits per heavy atom. The molecule has 1 rings (SSSR count). The van der Waals surface area contributed by atoms with Crippen molar-refractivity contribution in [1.82, 2.24) is 9.99 Å². The molecule has 31 heavy (non-hydrogen) atoms. The molecule has 180 valence electrons. The van der Waals surface area contributed by atoms with E-state index in [0.717, 1.165) is 19.3 Å². The van der Waals surface area contributed by atoms with E-state index in [1.54, 1.807) is 27.7 Å². The summed E-state index contributed by atoms with van der Waals surface area (Å²) < 4.78 is 24.0. The first-order valence-corrected chi connectivity index (χ1v) is 12.8. The van der Waals surface area contributed by atoms with E-state index in [1.165, 1.54) is 11.8 Å². The van der Waals surface area contributed by atoms with Crippen molar-refractivity contribution in [1.29, 1.82) is 0 Å². The van der Waals surface area contributed by atoms with E-state index in [-0.39, 0.29) is 6.16 Å². The van der Waals surface area contributed by atoms with Gasteiger partial charge in [0.25, 0.3) is 7.52 Å². The lowest BCUT2D eigenvalue weighted by Gasteiger charge is -2.34. The van der Waals surface area contributed by atoms with Gasteiger partial charge in [-0.25, -0.2) is 9.88 Å². The van der Waals surface area contributed by atoms with Gasteiger partial charge in [-0.15, -0.1) is 0 Å². The fraction of sp³-hybridized carbons (Fsp3) is 0.857. The minimum Gasteiger partial charge on any atom is -0.480 e. The van der Waals surface area contributed by atoms with E-state index in [4.69, 9.17) is 9.26 Å². The predicted molar refractivity (Wildman–Crippen MR) is 118 cm³/mol. The van der Waals surface area contributed by atoms with Gasteiger partial charge in [0.15, 0.2) is 6.79 Å². The number of carbonyl (C=O) groups excluding carboxylic acids is 2. The first kappa shape index (κ1) is 27.6. The van der Waals surface area contributed by atoms with Crippen LogP contribution in [0.2, 0.25) is 0 Å². The quantitative estimate of drug-likeness (QED) is 0.195. The number of carboxylic acid groups (broad SMARTS) is 1. The van der Waals surface area contributed by atoms with E-state index in [0.29, 0.717) is 25.8 Å². The summed E-state index contributed by atoms with van der Waals surface area (Å²) in [6, 6.07) is -0.910. The molecule has 1 fully saturated rings. The van der Waals surface area contributed by atoms with Crippen molar-refractivity contribution >= 4 is 25.4 Å². The maximum absolute atomic E-state index is 13.4. The summed E-state index contributed by atoms with van der Waals surface area (Å²) in [5, 5.41) is 12.4. The third-order valence-electron chi connectivity index (χ3n) is 5.50. The number of nitrogens with zero attached hydrogens (tertiary/aromatic N) is 1.